The van der Waals surface area contributed by atoms with Gasteiger partial charge >= 0.3 is 0 Å². The molecule has 18 heavy (non-hydrogen) atoms. The molecule has 0 bridgehead atoms. The average Bonchev–Trinajstić information content (AvgIpc) is 2.74. The zero-order valence-corrected chi connectivity index (χ0v) is 11.8. The summed E-state index contributed by atoms with van der Waals surface area (Å²) in [5, 5.41) is 0. The van der Waals surface area contributed by atoms with Gasteiger partial charge in [0, 0.05) is 26.3 Å². The van der Waals surface area contributed by atoms with E-state index >= 15 is 0 Å². The Balaban J connectivity index is 1.96. The molecule has 0 spiro atoms. The molecule has 2 rings (SSSR count). The molecule has 1 amide bonds. The summed E-state index contributed by atoms with van der Waals surface area (Å²) >= 11 is 0. The summed E-state index contributed by atoms with van der Waals surface area (Å²) in [6.07, 6.45) is 5.66. The second-order valence-electron chi connectivity index (χ2n) is 6.36. The molecule has 1 aromatic heterocycles. The van der Waals surface area contributed by atoms with Crippen molar-refractivity contribution >= 4 is 5.91 Å². The lowest BCUT2D eigenvalue weighted by Gasteiger charge is -2.38. The van der Waals surface area contributed by atoms with Crippen molar-refractivity contribution < 1.29 is 4.79 Å². The lowest BCUT2D eigenvalue weighted by molar-refractivity contribution is 0.0603. The fourth-order valence-corrected chi connectivity index (χ4v) is 2.63. The van der Waals surface area contributed by atoms with E-state index in [9.17, 15) is 4.79 Å². The Morgan fingerprint density at radius 1 is 1.33 bits per heavy atom. The summed E-state index contributed by atoms with van der Waals surface area (Å²) in [6, 6.07) is 0. The van der Waals surface area contributed by atoms with E-state index in [1.807, 2.05) is 16.5 Å². The quantitative estimate of drug-likeness (QED) is 0.766. The summed E-state index contributed by atoms with van der Waals surface area (Å²) in [6.45, 7) is 8.57. The minimum Gasteiger partial charge on any atom is -0.340 e. The van der Waals surface area contributed by atoms with Crippen LogP contribution in [0.5, 0.6) is 0 Å². The van der Waals surface area contributed by atoms with Crippen molar-refractivity contribution in [2.75, 3.05) is 13.1 Å². The molecule has 0 atom stereocenters. The molecule has 4 heteroatoms. The highest BCUT2D eigenvalue weighted by atomic mass is 16.2. The first-order valence-corrected chi connectivity index (χ1v) is 6.65. The maximum Gasteiger partial charge on any atom is 0.274 e. The van der Waals surface area contributed by atoms with E-state index in [4.69, 9.17) is 0 Å². The molecule has 4 nitrogen and oxygen atoms in total. The minimum atomic E-state index is 0.0722. The minimum absolute atomic E-state index is 0.0722. The topological polar surface area (TPSA) is 38.1 Å². The number of imidazole rings is 1. The molecule has 1 aliphatic rings. The van der Waals surface area contributed by atoms with Crippen LogP contribution in [0.25, 0.3) is 0 Å². The average molecular weight is 249 g/mol. The van der Waals surface area contributed by atoms with Crippen LogP contribution in [0.4, 0.5) is 0 Å². The van der Waals surface area contributed by atoms with E-state index in [2.05, 4.69) is 25.8 Å². The van der Waals surface area contributed by atoms with Gasteiger partial charge in [0.2, 0.25) is 0 Å². The third kappa shape index (κ3) is 2.74. The monoisotopic (exact) mass is 249 g/mol. The van der Waals surface area contributed by atoms with Crippen LogP contribution in [-0.2, 0) is 7.05 Å². The summed E-state index contributed by atoms with van der Waals surface area (Å²) < 4.78 is 1.81. The van der Waals surface area contributed by atoms with E-state index < -0.39 is 0 Å². The molecule has 0 aromatic carbocycles. The van der Waals surface area contributed by atoms with E-state index in [0.717, 1.165) is 25.9 Å². The molecule has 1 aliphatic heterocycles. The number of amides is 1. The Kier molecular flexibility index (Phi) is 3.46. The van der Waals surface area contributed by atoms with Crippen LogP contribution in [0.3, 0.4) is 0 Å². The van der Waals surface area contributed by atoms with Gasteiger partial charge in [0.25, 0.3) is 5.91 Å². The first-order chi connectivity index (χ1) is 8.38. The molecule has 0 radical (unpaired) electrons. The van der Waals surface area contributed by atoms with Crippen LogP contribution < -0.4 is 0 Å². The highest BCUT2D eigenvalue weighted by Gasteiger charge is 2.31. The first kappa shape index (κ1) is 13.1. The second-order valence-corrected chi connectivity index (χ2v) is 6.36. The van der Waals surface area contributed by atoms with E-state index in [-0.39, 0.29) is 5.91 Å². The van der Waals surface area contributed by atoms with Crippen molar-refractivity contribution in [2.45, 2.75) is 33.6 Å². The number of likely N-dealkylation sites (tertiary alicyclic amines) is 1. The second kappa shape index (κ2) is 4.75. The van der Waals surface area contributed by atoms with Crippen molar-refractivity contribution in [3.05, 3.63) is 18.2 Å². The number of carbonyl (C=O) groups excluding carboxylic acids is 1. The lowest BCUT2D eigenvalue weighted by atomic mass is 9.75. The van der Waals surface area contributed by atoms with E-state index in [1.165, 1.54) is 0 Å². The fraction of sp³-hybridized carbons (Fsp3) is 0.714. The molecule has 1 aromatic rings. The normalized spacial score (nSPS) is 18.1. The number of aromatic nitrogens is 2. The predicted octanol–water partition coefficient (Wildman–Crippen LogP) is 2.32. The van der Waals surface area contributed by atoms with Gasteiger partial charge in [-0.3, -0.25) is 4.79 Å². The van der Waals surface area contributed by atoms with Crippen molar-refractivity contribution in [2.24, 2.45) is 18.4 Å². The van der Waals surface area contributed by atoms with E-state index in [0.29, 0.717) is 17.0 Å². The third-order valence-corrected chi connectivity index (χ3v) is 3.93. The van der Waals surface area contributed by atoms with Gasteiger partial charge in [0.05, 0.1) is 6.33 Å². The van der Waals surface area contributed by atoms with Gasteiger partial charge in [-0.2, -0.15) is 0 Å². The van der Waals surface area contributed by atoms with Gasteiger partial charge in [-0.1, -0.05) is 20.8 Å². The number of piperidine rings is 1. The fourth-order valence-electron chi connectivity index (χ4n) is 2.63. The zero-order chi connectivity index (χ0) is 13.3. The number of hydrogen-bond donors (Lipinski definition) is 0. The van der Waals surface area contributed by atoms with Gasteiger partial charge in [-0.05, 0) is 24.2 Å². The van der Waals surface area contributed by atoms with Crippen LogP contribution in [0.1, 0.15) is 44.1 Å². The molecule has 0 N–H and O–H groups in total. The van der Waals surface area contributed by atoms with E-state index in [1.54, 1.807) is 12.5 Å². The Bertz CT molecular complexity index is 422. The van der Waals surface area contributed by atoms with Crippen LogP contribution in [0, 0.1) is 11.3 Å². The van der Waals surface area contributed by atoms with Gasteiger partial charge in [-0.25, -0.2) is 4.98 Å². The third-order valence-electron chi connectivity index (χ3n) is 3.93. The SMILES string of the molecule is Cn1cnc(C(=O)N2CCC(C(C)(C)C)CC2)c1. The molecule has 0 saturated carbocycles. The van der Waals surface area contributed by atoms with Gasteiger partial charge in [0.1, 0.15) is 5.69 Å². The smallest absolute Gasteiger partial charge is 0.274 e. The molecular formula is C14H23N3O. The molecule has 2 heterocycles. The molecule has 0 unspecified atom stereocenters. The Labute approximate surface area is 109 Å². The van der Waals surface area contributed by atoms with Crippen LogP contribution >= 0.6 is 0 Å². The molecule has 0 aliphatic carbocycles. The molecule has 1 saturated heterocycles. The summed E-state index contributed by atoms with van der Waals surface area (Å²) in [5.74, 6) is 0.785. The number of hydrogen-bond acceptors (Lipinski definition) is 2. The number of carbonyl (C=O) groups is 1. The predicted molar refractivity (Wildman–Crippen MR) is 71.3 cm³/mol. The van der Waals surface area contributed by atoms with Crippen LogP contribution in [0.2, 0.25) is 0 Å². The van der Waals surface area contributed by atoms with Crippen molar-refractivity contribution in [1.82, 2.24) is 14.5 Å². The Hall–Kier alpha value is -1.32. The summed E-state index contributed by atoms with van der Waals surface area (Å²) in [4.78, 5) is 18.3. The van der Waals surface area contributed by atoms with Crippen molar-refractivity contribution in [1.29, 1.82) is 0 Å². The molecule has 1 fully saturated rings. The highest BCUT2D eigenvalue weighted by molar-refractivity contribution is 5.92. The van der Waals surface area contributed by atoms with Gasteiger partial charge in [-0.15, -0.1) is 0 Å². The standard InChI is InChI=1S/C14H23N3O/c1-14(2,3)11-5-7-17(8-6-11)13(18)12-9-16(4)10-15-12/h9-11H,5-8H2,1-4H3. The summed E-state index contributed by atoms with van der Waals surface area (Å²) in [7, 11) is 1.88. The van der Waals surface area contributed by atoms with Gasteiger partial charge < -0.3 is 9.47 Å². The molecule has 100 valence electrons. The number of rotatable bonds is 1. The van der Waals surface area contributed by atoms with Crippen molar-refractivity contribution in [3.8, 4) is 0 Å². The van der Waals surface area contributed by atoms with Gasteiger partial charge in [0.15, 0.2) is 0 Å². The maximum atomic E-state index is 12.2. The number of nitrogens with zero attached hydrogens (tertiary/aromatic N) is 3. The molecular weight excluding hydrogens is 226 g/mol. The largest absolute Gasteiger partial charge is 0.340 e. The maximum absolute atomic E-state index is 12.2. The van der Waals surface area contributed by atoms with Crippen LogP contribution in [0.15, 0.2) is 12.5 Å². The first-order valence-electron chi connectivity index (χ1n) is 6.65. The lowest BCUT2D eigenvalue weighted by Crippen LogP contribution is -2.41. The number of aryl methyl sites for hydroxylation is 1. The van der Waals surface area contributed by atoms with Crippen molar-refractivity contribution in [3.63, 3.8) is 0 Å². The summed E-state index contributed by atoms with van der Waals surface area (Å²) in [5.41, 5.74) is 0.909. The Morgan fingerprint density at radius 3 is 2.39 bits per heavy atom. The Morgan fingerprint density at radius 2 is 1.94 bits per heavy atom. The zero-order valence-electron chi connectivity index (χ0n) is 11.8. The highest BCUT2D eigenvalue weighted by Crippen LogP contribution is 2.34. The van der Waals surface area contributed by atoms with Crippen LogP contribution in [-0.4, -0.2) is 33.4 Å².